The third-order valence-corrected chi connectivity index (χ3v) is 3.64. The van der Waals surface area contributed by atoms with E-state index in [1.807, 2.05) is 0 Å². The minimum atomic E-state index is -0.265. The lowest BCUT2D eigenvalue weighted by Gasteiger charge is -2.36. The Morgan fingerprint density at radius 2 is 1.74 bits per heavy atom. The largest absolute Gasteiger partial charge is 0.330 e. The first kappa shape index (κ1) is 14.0. The highest BCUT2D eigenvalue weighted by atomic mass is 16.2. The lowest BCUT2D eigenvalue weighted by Crippen LogP contribution is -2.54. The monoisotopic (exact) mass is 266 g/mol. The third kappa shape index (κ3) is 2.96. The van der Waals surface area contributed by atoms with Crippen molar-refractivity contribution in [2.45, 2.75) is 32.5 Å². The fourth-order valence-electron chi connectivity index (χ4n) is 2.73. The quantitative estimate of drug-likeness (QED) is 0.766. The molecule has 1 aliphatic heterocycles. The Morgan fingerprint density at radius 3 is 2.32 bits per heavy atom. The molecule has 1 saturated heterocycles. The zero-order chi connectivity index (χ0) is 14.2. The molecule has 6 heteroatoms. The SMILES string of the molecule is CC1CN(Cc2cc(=O)n(C)c(=O)n2C)CC(C)N1. The molecule has 1 N–H and O–H groups in total. The summed E-state index contributed by atoms with van der Waals surface area (Å²) in [6, 6.07) is 2.40. The molecule has 0 radical (unpaired) electrons. The summed E-state index contributed by atoms with van der Waals surface area (Å²) in [7, 11) is 3.22. The minimum absolute atomic E-state index is 0.241. The molecule has 0 spiro atoms. The molecule has 1 aromatic heterocycles. The molecule has 2 unspecified atom stereocenters. The number of hydrogen-bond acceptors (Lipinski definition) is 4. The second-order valence-electron chi connectivity index (χ2n) is 5.54. The molecule has 2 heterocycles. The zero-order valence-corrected chi connectivity index (χ0v) is 12.0. The molecule has 1 aliphatic rings. The number of hydrogen-bond donors (Lipinski definition) is 1. The van der Waals surface area contributed by atoms with Gasteiger partial charge in [-0.05, 0) is 13.8 Å². The molecule has 0 bridgehead atoms. The highest BCUT2D eigenvalue weighted by Gasteiger charge is 2.21. The van der Waals surface area contributed by atoms with Crippen molar-refractivity contribution in [1.82, 2.24) is 19.4 Å². The Bertz CT molecular complexity index is 565. The van der Waals surface area contributed by atoms with E-state index >= 15 is 0 Å². The molecule has 19 heavy (non-hydrogen) atoms. The Labute approximate surface area is 112 Å². The average molecular weight is 266 g/mol. The Morgan fingerprint density at radius 1 is 1.16 bits per heavy atom. The van der Waals surface area contributed by atoms with Crippen LogP contribution in [-0.4, -0.2) is 39.2 Å². The van der Waals surface area contributed by atoms with Gasteiger partial charge in [-0.15, -0.1) is 0 Å². The van der Waals surface area contributed by atoms with Crippen LogP contribution in [0.3, 0.4) is 0 Å². The summed E-state index contributed by atoms with van der Waals surface area (Å²) in [4.78, 5) is 25.9. The molecular weight excluding hydrogens is 244 g/mol. The van der Waals surface area contributed by atoms with Gasteiger partial charge in [0.05, 0.1) is 0 Å². The molecule has 2 atom stereocenters. The summed E-state index contributed by atoms with van der Waals surface area (Å²) in [6.45, 7) is 6.77. The summed E-state index contributed by atoms with van der Waals surface area (Å²) >= 11 is 0. The van der Waals surface area contributed by atoms with E-state index in [2.05, 4.69) is 24.1 Å². The van der Waals surface area contributed by atoms with Gasteiger partial charge in [-0.25, -0.2) is 4.79 Å². The Balaban J connectivity index is 2.24. The molecule has 6 nitrogen and oxygen atoms in total. The van der Waals surface area contributed by atoms with Crippen LogP contribution in [0, 0.1) is 0 Å². The average Bonchev–Trinajstić information content (AvgIpc) is 2.32. The van der Waals surface area contributed by atoms with Crippen LogP contribution >= 0.6 is 0 Å². The number of aromatic nitrogens is 2. The number of piperazine rings is 1. The molecule has 0 aromatic carbocycles. The minimum Gasteiger partial charge on any atom is -0.309 e. The van der Waals surface area contributed by atoms with E-state index in [1.54, 1.807) is 17.7 Å². The van der Waals surface area contributed by atoms with E-state index in [0.29, 0.717) is 18.6 Å². The van der Waals surface area contributed by atoms with Crippen molar-refractivity contribution in [3.8, 4) is 0 Å². The van der Waals surface area contributed by atoms with Crippen molar-refractivity contribution in [3.63, 3.8) is 0 Å². The van der Waals surface area contributed by atoms with Crippen LogP contribution in [0.4, 0.5) is 0 Å². The first-order chi connectivity index (χ1) is 8.88. The maximum Gasteiger partial charge on any atom is 0.330 e. The zero-order valence-electron chi connectivity index (χ0n) is 12.0. The summed E-state index contributed by atoms with van der Waals surface area (Å²) in [5, 5.41) is 3.47. The van der Waals surface area contributed by atoms with E-state index in [9.17, 15) is 9.59 Å². The van der Waals surface area contributed by atoms with Gasteiger partial charge in [0.15, 0.2) is 0 Å². The van der Waals surface area contributed by atoms with E-state index in [0.717, 1.165) is 23.4 Å². The summed E-state index contributed by atoms with van der Waals surface area (Å²) in [5.41, 5.74) is 0.266. The number of nitrogens with zero attached hydrogens (tertiary/aromatic N) is 3. The van der Waals surface area contributed by atoms with Crippen LogP contribution in [-0.2, 0) is 20.6 Å². The van der Waals surface area contributed by atoms with Gasteiger partial charge in [0, 0.05) is 57.6 Å². The van der Waals surface area contributed by atoms with E-state index < -0.39 is 0 Å². The van der Waals surface area contributed by atoms with Gasteiger partial charge in [-0.3, -0.25) is 18.8 Å². The summed E-state index contributed by atoms with van der Waals surface area (Å²) in [5.74, 6) is 0. The second kappa shape index (κ2) is 5.30. The normalized spacial score (nSPS) is 24.6. The van der Waals surface area contributed by atoms with Gasteiger partial charge in [-0.2, -0.15) is 0 Å². The third-order valence-electron chi connectivity index (χ3n) is 3.64. The standard InChI is InChI=1S/C13H22N4O2/c1-9-6-17(7-10(2)14-9)8-11-5-12(18)16(4)13(19)15(11)3/h5,9-10,14H,6-8H2,1-4H3. The van der Waals surface area contributed by atoms with Crippen molar-refractivity contribution >= 4 is 0 Å². The predicted octanol–water partition coefficient (Wildman–Crippen LogP) is -0.734. The lowest BCUT2D eigenvalue weighted by molar-refractivity contribution is 0.163. The van der Waals surface area contributed by atoms with Crippen LogP contribution < -0.4 is 16.6 Å². The van der Waals surface area contributed by atoms with Crippen LogP contribution in [0.1, 0.15) is 19.5 Å². The predicted molar refractivity (Wildman–Crippen MR) is 74.3 cm³/mol. The van der Waals surface area contributed by atoms with Crippen molar-refractivity contribution < 1.29 is 0 Å². The molecule has 1 fully saturated rings. The fraction of sp³-hybridized carbons (Fsp3) is 0.692. The summed E-state index contributed by atoms with van der Waals surface area (Å²) in [6.07, 6.45) is 0. The van der Waals surface area contributed by atoms with Gasteiger partial charge in [-0.1, -0.05) is 0 Å². The van der Waals surface area contributed by atoms with E-state index in [4.69, 9.17) is 0 Å². The first-order valence-corrected chi connectivity index (χ1v) is 6.63. The maximum atomic E-state index is 11.9. The molecule has 0 saturated carbocycles. The Kier molecular flexibility index (Phi) is 3.91. The number of nitrogens with one attached hydrogen (secondary N) is 1. The molecule has 1 aromatic rings. The van der Waals surface area contributed by atoms with Crippen molar-refractivity contribution in [1.29, 1.82) is 0 Å². The smallest absolute Gasteiger partial charge is 0.309 e. The highest BCUT2D eigenvalue weighted by molar-refractivity contribution is 5.03. The van der Waals surface area contributed by atoms with Crippen molar-refractivity contribution in [3.05, 3.63) is 32.6 Å². The van der Waals surface area contributed by atoms with Gasteiger partial charge < -0.3 is 5.32 Å². The van der Waals surface area contributed by atoms with Crippen LogP contribution in [0.15, 0.2) is 15.7 Å². The topological polar surface area (TPSA) is 59.3 Å². The van der Waals surface area contributed by atoms with Crippen LogP contribution in [0.25, 0.3) is 0 Å². The van der Waals surface area contributed by atoms with Gasteiger partial charge in [0.1, 0.15) is 0 Å². The van der Waals surface area contributed by atoms with E-state index in [-0.39, 0.29) is 11.2 Å². The van der Waals surface area contributed by atoms with E-state index in [1.165, 1.54) is 7.05 Å². The highest BCUT2D eigenvalue weighted by Crippen LogP contribution is 2.07. The lowest BCUT2D eigenvalue weighted by atomic mass is 10.1. The first-order valence-electron chi connectivity index (χ1n) is 6.63. The fourth-order valence-corrected chi connectivity index (χ4v) is 2.73. The maximum absolute atomic E-state index is 11.9. The second-order valence-corrected chi connectivity index (χ2v) is 5.54. The Hall–Kier alpha value is -1.40. The van der Waals surface area contributed by atoms with Crippen molar-refractivity contribution in [2.75, 3.05) is 13.1 Å². The van der Waals surface area contributed by atoms with Crippen molar-refractivity contribution in [2.24, 2.45) is 14.1 Å². The van der Waals surface area contributed by atoms with Crippen LogP contribution in [0.2, 0.25) is 0 Å². The van der Waals surface area contributed by atoms with Crippen LogP contribution in [0.5, 0.6) is 0 Å². The molecule has 0 aliphatic carbocycles. The molecular formula is C13H22N4O2. The number of rotatable bonds is 2. The summed E-state index contributed by atoms with van der Waals surface area (Å²) < 4.78 is 2.69. The molecule has 0 amide bonds. The molecule has 106 valence electrons. The van der Waals surface area contributed by atoms with Gasteiger partial charge in [0.2, 0.25) is 0 Å². The molecule has 2 rings (SSSR count). The van der Waals surface area contributed by atoms with Gasteiger partial charge in [0.25, 0.3) is 5.56 Å². The van der Waals surface area contributed by atoms with Gasteiger partial charge >= 0.3 is 5.69 Å².